The Labute approximate surface area is 210 Å². The third-order valence-electron chi connectivity index (χ3n) is 8.71. The van der Waals surface area contributed by atoms with Crippen molar-refractivity contribution in [3.8, 4) is 0 Å². The first kappa shape index (κ1) is 26.6. The van der Waals surface area contributed by atoms with Gasteiger partial charge in [0.05, 0.1) is 12.0 Å². The van der Waals surface area contributed by atoms with Gasteiger partial charge in [-0.1, -0.05) is 53.4 Å². The summed E-state index contributed by atoms with van der Waals surface area (Å²) in [6.45, 7) is 12.0. The molecular weight excluding hydrogens is 448 g/mol. The van der Waals surface area contributed by atoms with Crippen LogP contribution in [0.25, 0.3) is 0 Å². The minimum Gasteiger partial charge on any atom is -0.463 e. The largest absolute Gasteiger partial charge is 0.463 e. The highest BCUT2D eigenvalue weighted by molar-refractivity contribution is 5.85. The van der Waals surface area contributed by atoms with Gasteiger partial charge in [-0.15, -0.1) is 0 Å². The van der Waals surface area contributed by atoms with E-state index in [2.05, 4.69) is 27.7 Å². The Balaban J connectivity index is 1.74. The molecule has 0 aromatic rings. The van der Waals surface area contributed by atoms with Crippen LogP contribution < -0.4 is 0 Å². The standard InChI is InChI=1S/C28H44O7/c1-6-9-15-31-20(29)18-19-26(4)13-12-14-27(5)22(26)21(34-24(27)30)23-28(19,35-23)25(32-16-10-7-2)33-17-11-8-3/h18,21-23,25H,6-17H2,1-5H3/b19-18-/t21-,22+,23+,26+,27-,28-/m0/s1. The van der Waals surface area contributed by atoms with E-state index in [0.717, 1.165) is 63.4 Å². The summed E-state index contributed by atoms with van der Waals surface area (Å²) in [5.74, 6) is -0.566. The van der Waals surface area contributed by atoms with Crippen LogP contribution in [0.2, 0.25) is 0 Å². The van der Waals surface area contributed by atoms with E-state index in [1.165, 1.54) is 0 Å². The van der Waals surface area contributed by atoms with E-state index in [4.69, 9.17) is 23.7 Å². The van der Waals surface area contributed by atoms with Crippen LogP contribution in [0.3, 0.4) is 0 Å². The van der Waals surface area contributed by atoms with Crippen LogP contribution in [0.1, 0.15) is 92.4 Å². The van der Waals surface area contributed by atoms with Crippen molar-refractivity contribution in [3.05, 3.63) is 11.6 Å². The van der Waals surface area contributed by atoms with Crippen LogP contribution in [0.15, 0.2) is 11.6 Å². The molecule has 2 aliphatic carbocycles. The predicted octanol–water partition coefficient (Wildman–Crippen LogP) is 5.10. The van der Waals surface area contributed by atoms with E-state index in [1.807, 2.05) is 6.92 Å². The lowest BCUT2D eigenvalue weighted by molar-refractivity contribution is -0.180. The zero-order valence-electron chi connectivity index (χ0n) is 22.2. The van der Waals surface area contributed by atoms with Crippen molar-refractivity contribution in [2.45, 2.75) is 117 Å². The van der Waals surface area contributed by atoms with Crippen molar-refractivity contribution in [2.75, 3.05) is 19.8 Å². The zero-order chi connectivity index (χ0) is 25.3. The smallest absolute Gasteiger partial charge is 0.330 e. The van der Waals surface area contributed by atoms with E-state index in [0.29, 0.717) is 19.8 Å². The summed E-state index contributed by atoms with van der Waals surface area (Å²) >= 11 is 0. The summed E-state index contributed by atoms with van der Waals surface area (Å²) in [5.41, 5.74) is -1.12. The van der Waals surface area contributed by atoms with Gasteiger partial charge in [0.1, 0.15) is 12.2 Å². The maximum atomic E-state index is 13.1. The van der Waals surface area contributed by atoms with Crippen LogP contribution in [-0.4, -0.2) is 55.9 Å². The van der Waals surface area contributed by atoms with Crippen LogP contribution in [0.5, 0.6) is 0 Å². The molecule has 2 saturated heterocycles. The Hall–Kier alpha value is -1.44. The number of unbranched alkanes of at least 4 members (excludes halogenated alkanes) is 3. The van der Waals surface area contributed by atoms with E-state index < -0.39 is 22.7 Å². The van der Waals surface area contributed by atoms with Crippen LogP contribution in [-0.2, 0) is 33.3 Å². The number of rotatable bonds is 13. The molecule has 0 unspecified atom stereocenters. The van der Waals surface area contributed by atoms with Gasteiger partial charge in [0, 0.05) is 25.2 Å². The number of hydrogen-bond donors (Lipinski definition) is 0. The van der Waals surface area contributed by atoms with Gasteiger partial charge in [-0.25, -0.2) is 4.79 Å². The molecule has 2 heterocycles. The SMILES string of the molecule is CCCCOC(=O)/C=C1\[C@]2(C(OCCCC)OCCCC)O[C@@H]2[C@H]2OC(=O)[C@@]3(C)CCC[C@@]1(C)[C@@H]23. The number of esters is 2. The molecule has 0 aromatic heterocycles. The van der Waals surface area contributed by atoms with Gasteiger partial charge >= 0.3 is 11.9 Å². The number of hydrogen-bond acceptors (Lipinski definition) is 7. The van der Waals surface area contributed by atoms with Gasteiger partial charge in [0.15, 0.2) is 11.9 Å². The number of fused-ring (bicyclic) bond motifs is 2. The molecule has 0 N–H and O–H groups in total. The molecule has 0 amide bonds. The molecule has 2 aliphatic heterocycles. The molecule has 0 bridgehead atoms. The third-order valence-corrected chi connectivity index (χ3v) is 8.71. The Bertz CT molecular complexity index is 814. The summed E-state index contributed by atoms with van der Waals surface area (Å²) < 4.78 is 30.8. The lowest BCUT2D eigenvalue weighted by Gasteiger charge is -2.53. The minimum absolute atomic E-state index is 0.0569. The van der Waals surface area contributed by atoms with E-state index >= 15 is 0 Å². The van der Waals surface area contributed by atoms with E-state index in [1.54, 1.807) is 6.08 Å². The molecule has 0 aromatic carbocycles. The summed E-state index contributed by atoms with van der Waals surface area (Å²) in [7, 11) is 0. The summed E-state index contributed by atoms with van der Waals surface area (Å²) in [4.78, 5) is 26.2. The second kappa shape index (κ2) is 10.5. The first-order valence-electron chi connectivity index (χ1n) is 13.8. The summed E-state index contributed by atoms with van der Waals surface area (Å²) in [6.07, 6.45) is 8.35. The van der Waals surface area contributed by atoms with E-state index in [9.17, 15) is 9.59 Å². The number of carbonyl (C=O) groups excluding carboxylic acids is 2. The summed E-state index contributed by atoms with van der Waals surface area (Å²) in [6, 6.07) is 0. The van der Waals surface area contributed by atoms with Crippen LogP contribution in [0, 0.1) is 16.7 Å². The molecule has 0 radical (unpaired) electrons. The molecule has 7 heteroatoms. The lowest BCUT2D eigenvalue weighted by Crippen LogP contribution is -2.58. The van der Waals surface area contributed by atoms with Crippen LogP contribution in [0.4, 0.5) is 0 Å². The van der Waals surface area contributed by atoms with Crippen molar-refractivity contribution >= 4 is 11.9 Å². The molecule has 198 valence electrons. The van der Waals surface area contributed by atoms with Crippen molar-refractivity contribution in [3.63, 3.8) is 0 Å². The Morgan fingerprint density at radius 1 is 1.00 bits per heavy atom. The molecule has 4 fully saturated rings. The molecule has 4 aliphatic rings. The monoisotopic (exact) mass is 492 g/mol. The average Bonchev–Trinajstić information content (AvgIpc) is 3.50. The summed E-state index contributed by atoms with van der Waals surface area (Å²) in [5, 5.41) is 0. The van der Waals surface area contributed by atoms with Gasteiger partial charge in [-0.2, -0.15) is 0 Å². The van der Waals surface area contributed by atoms with Crippen molar-refractivity contribution < 1.29 is 33.3 Å². The average molecular weight is 493 g/mol. The Kier molecular flexibility index (Phi) is 7.99. The quantitative estimate of drug-likeness (QED) is 0.116. The van der Waals surface area contributed by atoms with Crippen LogP contribution >= 0.6 is 0 Å². The normalized spacial score (nSPS) is 38.3. The second-order valence-electron chi connectivity index (χ2n) is 11.2. The van der Waals surface area contributed by atoms with Crippen molar-refractivity contribution in [1.29, 1.82) is 0 Å². The second-order valence-corrected chi connectivity index (χ2v) is 11.2. The highest BCUT2D eigenvalue weighted by Crippen LogP contribution is 2.72. The first-order valence-corrected chi connectivity index (χ1v) is 13.8. The highest BCUT2D eigenvalue weighted by atomic mass is 16.7. The molecule has 0 spiro atoms. The van der Waals surface area contributed by atoms with Crippen molar-refractivity contribution in [2.24, 2.45) is 16.7 Å². The van der Waals surface area contributed by atoms with Gasteiger partial charge < -0.3 is 23.7 Å². The molecule has 2 saturated carbocycles. The number of carbonyl (C=O) groups is 2. The molecule has 35 heavy (non-hydrogen) atoms. The predicted molar refractivity (Wildman–Crippen MR) is 130 cm³/mol. The third kappa shape index (κ3) is 4.46. The van der Waals surface area contributed by atoms with Gasteiger partial charge in [-0.05, 0) is 50.0 Å². The zero-order valence-corrected chi connectivity index (χ0v) is 22.2. The number of ether oxygens (including phenoxy) is 5. The fourth-order valence-corrected chi connectivity index (χ4v) is 6.84. The topological polar surface area (TPSA) is 83.6 Å². The fraction of sp³-hybridized carbons (Fsp3) is 0.857. The van der Waals surface area contributed by atoms with Gasteiger partial charge in [-0.3, -0.25) is 4.79 Å². The molecular formula is C28H44O7. The minimum atomic E-state index is -0.940. The van der Waals surface area contributed by atoms with Gasteiger partial charge in [0.25, 0.3) is 0 Å². The van der Waals surface area contributed by atoms with Gasteiger partial charge in [0.2, 0.25) is 0 Å². The maximum Gasteiger partial charge on any atom is 0.330 e. The molecule has 7 nitrogen and oxygen atoms in total. The lowest BCUT2D eigenvalue weighted by atomic mass is 9.48. The highest BCUT2D eigenvalue weighted by Gasteiger charge is 2.82. The van der Waals surface area contributed by atoms with E-state index in [-0.39, 0.29) is 30.1 Å². The fourth-order valence-electron chi connectivity index (χ4n) is 6.84. The maximum absolute atomic E-state index is 13.1. The number of epoxide rings is 1. The molecule has 6 atom stereocenters. The Morgan fingerprint density at radius 3 is 2.23 bits per heavy atom. The Morgan fingerprint density at radius 2 is 1.60 bits per heavy atom. The molecule has 4 rings (SSSR count). The first-order chi connectivity index (χ1) is 16.8. The van der Waals surface area contributed by atoms with Crippen molar-refractivity contribution in [1.82, 2.24) is 0 Å².